The van der Waals surface area contributed by atoms with E-state index in [9.17, 15) is 0 Å². The summed E-state index contributed by atoms with van der Waals surface area (Å²) >= 11 is 0. The molecular weight excluding hydrogens is 246 g/mol. The van der Waals surface area contributed by atoms with Crippen molar-refractivity contribution in [3.05, 3.63) is 23.4 Å². The van der Waals surface area contributed by atoms with E-state index in [0.29, 0.717) is 6.04 Å². The molecule has 0 N–H and O–H groups in total. The number of hydrogen-bond acceptors (Lipinski definition) is 3. The average molecular weight is 275 g/mol. The van der Waals surface area contributed by atoms with Crippen molar-refractivity contribution < 1.29 is 0 Å². The van der Waals surface area contributed by atoms with Crippen LogP contribution in [0.25, 0.3) is 0 Å². The van der Waals surface area contributed by atoms with Gasteiger partial charge in [-0.05, 0) is 50.9 Å². The van der Waals surface area contributed by atoms with E-state index >= 15 is 0 Å². The fourth-order valence-corrected chi connectivity index (χ4v) is 3.13. The largest absolute Gasteiger partial charge is 0.363 e. The number of rotatable bonds is 5. The van der Waals surface area contributed by atoms with Crippen molar-refractivity contribution in [3.63, 3.8) is 0 Å². The predicted octanol–water partition coefficient (Wildman–Crippen LogP) is 3.78. The van der Waals surface area contributed by atoms with Gasteiger partial charge in [-0.15, -0.1) is 0 Å². The van der Waals surface area contributed by atoms with Gasteiger partial charge in [-0.2, -0.15) is 0 Å². The molecule has 1 saturated heterocycles. The zero-order chi connectivity index (χ0) is 14.5. The molecule has 0 bridgehead atoms. The Bertz CT molecular complexity index is 428. The molecule has 1 aromatic heterocycles. The van der Waals surface area contributed by atoms with Gasteiger partial charge in [0.25, 0.3) is 0 Å². The van der Waals surface area contributed by atoms with Crippen LogP contribution in [0.5, 0.6) is 0 Å². The first-order valence-corrected chi connectivity index (χ1v) is 8.02. The van der Waals surface area contributed by atoms with Crippen LogP contribution < -0.4 is 4.90 Å². The maximum Gasteiger partial charge on any atom is 0.128 e. The highest BCUT2D eigenvalue weighted by Crippen LogP contribution is 2.33. The molecule has 0 unspecified atom stereocenters. The Kier molecular flexibility index (Phi) is 5.41. The average Bonchev–Trinajstić information content (AvgIpc) is 2.45. The predicted molar refractivity (Wildman–Crippen MR) is 86.4 cm³/mol. The van der Waals surface area contributed by atoms with Crippen molar-refractivity contribution in [2.75, 3.05) is 32.1 Å². The Hall–Kier alpha value is -1.09. The van der Waals surface area contributed by atoms with Gasteiger partial charge in [0, 0.05) is 25.8 Å². The van der Waals surface area contributed by atoms with E-state index < -0.39 is 0 Å². The molecule has 3 heteroatoms. The van der Waals surface area contributed by atoms with Crippen molar-refractivity contribution in [2.24, 2.45) is 0 Å². The van der Waals surface area contributed by atoms with Crippen LogP contribution in [0.1, 0.15) is 56.3 Å². The number of nitrogens with zero attached hydrogens (tertiary/aromatic N) is 3. The standard InChI is InChI=1S/C17H29N3/c1-5-6-12-20-13-8-7-9-16(20)15-10-11-17(19(3)4)18-14(15)2/h10-11,16H,5-9,12-13H2,1-4H3/t16-/m1/s1. The normalized spacial score (nSPS) is 20.1. The molecule has 1 aliphatic rings. The molecule has 20 heavy (non-hydrogen) atoms. The first-order valence-electron chi connectivity index (χ1n) is 8.02. The van der Waals surface area contributed by atoms with Crippen LogP contribution in [0.4, 0.5) is 5.82 Å². The van der Waals surface area contributed by atoms with Gasteiger partial charge in [-0.1, -0.05) is 25.8 Å². The van der Waals surface area contributed by atoms with E-state index in [4.69, 9.17) is 4.98 Å². The van der Waals surface area contributed by atoms with Gasteiger partial charge in [0.2, 0.25) is 0 Å². The SMILES string of the molecule is CCCCN1CCCC[C@@H]1c1ccc(N(C)C)nc1C. The topological polar surface area (TPSA) is 19.4 Å². The Morgan fingerprint density at radius 1 is 1.30 bits per heavy atom. The summed E-state index contributed by atoms with van der Waals surface area (Å²) in [6, 6.07) is 5.04. The van der Waals surface area contributed by atoms with E-state index in [-0.39, 0.29) is 0 Å². The van der Waals surface area contributed by atoms with Crippen LogP contribution in [0, 0.1) is 6.92 Å². The van der Waals surface area contributed by atoms with E-state index in [1.807, 2.05) is 0 Å². The zero-order valence-corrected chi connectivity index (χ0v) is 13.5. The zero-order valence-electron chi connectivity index (χ0n) is 13.5. The second kappa shape index (κ2) is 7.07. The highest BCUT2D eigenvalue weighted by molar-refractivity contribution is 5.41. The smallest absolute Gasteiger partial charge is 0.128 e. The van der Waals surface area contributed by atoms with Gasteiger partial charge < -0.3 is 4.90 Å². The lowest BCUT2D eigenvalue weighted by Gasteiger charge is -2.36. The quantitative estimate of drug-likeness (QED) is 0.815. The third kappa shape index (κ3) is 3.51. The minimum Gasteiger partial charge on any atom is -0.363 e. The fourth-order valence-electron chi connectivity index (χ4n) is 3.13. The molecule has 0 radical (unpaired) electrons. The molecule has 3 nitrogen and oxygen atoms in total. The summed E-state index contributed by atoms with van der Waals surface area (Å²) in [4.78, 5) is 9.51. The van der Waals surface area contributed by atoms with Gasteiger partial charge in [-0.25, -0.2) is 4.98 Å². The molecule has 0 amide bonds. The van der Waals surface area contributed by atoms with Crippen LogP contribution >= 0.6 is 0 Å². The number of unbranched alkanes of at least 4 members (excludes halogenated alkanes) is 1. The van der Waals surface area contributed by atoms with Gasteiger partial charge in [0.05, 0.1) is 0 Å². The minimum absolute atomic E-state index is 0.582. The van der Waals surface area contributed by atoms with Crippen molar-refractivity contribution in [1.82, 2.24) is 9.88 Å². The third-order valence-electron chi connectivity index (χ3n) is 4.34. The summed E-state index contributed by atoms with van der Waals surface area (Å²) < 4.78 is 0. The first-order chi connectivity index (χ1) is 9.63. The lowest BCUT2D eigenvalue weighted by molar-refractivity contribution is 0.146. The van der Waals surface area contributed by atoms with Gasteiger partial charge >= 0.3 is 0 Å². The van der Waals surface area contributed by atoms with Crippen molar-refractivity contribution >= 4 is 5.82 Å². The highest BCUT2D eigenvalue weighted by Gasteiger charge is 2.25. The van der Waals surface area contributed by atoms with Gasteiger partial charge in [0.1, 0.15) is 5.82 Å². The van der Waals surface area contributed by atoms with Crippen molar-refractivity contribution in [2.45, 2.75) is 52.0 Å². The highest BCUT2D eigenvalue weighted by atomic mass is 15.2. The minimum atomic E-state index is 0.582. The molecule has 0 spiro atoms. The van der Waals surface area contributed by atoms with Crippen molar-refractivity contribution in [3.8, 4) is 0 Å². The first kappa shape index (κ1) is 15.3. The third-order valence-corrected chi connectivity index (χ3v) is 4.34. The van der Waals surface area contributed by atoms with Crippen molar-refractivity contribution in [1.29, 1.82) is 0 Å². The Labute approximate surface area is 124 Å². The van der Waals surface area contributed by atoms with Crippen LogP contribution in [-0.4, -0.2) is 37.1 Å². The maximum atomic E-state index is 4.76. The van der Waals surface area contributed by atoms with Crippen LogP contribution in [0.2, 0.25) is 0 Å². The number of aromatic nitrogens is 1. The van der Waals surface area contributed by atoms with E-state index in [1.165, 1.54) is 56.5 Å². The van der Waals surface area contributed by atoms with E-state index in [0.717, 1.165) is 5.82 Å². The number of pyridine rings is 1. The number of anilines is 1. The summed E-state index contributed by atoms with van der Waals surface area (Å²) in [6.07, 6.45) is 6.57. The fraction of sp³-hybridized carbons (Fsp3) is 0.706. The molecule has 1 aliphatic heterocycles. The molecular formula is C17H29N3. The summed E-state index contributed by atoms with van der Waals surface area (Å²) in [5, 5.41) is 0. The maximum absolute atomic E-state index is 4.76. The molecule has 2 rings (SSSR count). The molecule has 0 aliphatic carbocycles. The second-order valence-corrected chi connectivity index (χ2v) is 6.14. The lowest BCUT2D eigenvalue weighted by Crippen LogP contribution is -2.34. The number of hydrogen-bond donors (Lipinski definition) is 0. The van der Waals surface area contributed by atoms with Crippen LogP contribution in [0.3, 0.4) is 0 Å². The van der Waals surface area contributed by atoms with Crippen LogP contribution in [-0.2, 0) is 0 Å². The summed E-state index contributed by atoms with van der Waals surface area (Å²) in [5.74, 6) is 1.06. The molecule has 1 atom stereocenters. The van der Waals surface area contributed by atoms with Gasteiger partial charge in [-0.3, -0.25) is 4.90 Å². The summed E-state index contributed by atoms with van der Waals surface area (Å²) in [5.41, 5.74) is 2.64. The second-order valence-electron chi connectivity index (χ2n) is 6.14. The molecule has 0 saturated carbocycles. The molecule has 0 aromatic carbocycles. The molecule has 1 aromatic rings. The Morgan fingerprint density at radius 3 is 2.75 bits per heavy atom. The molecule has 112 valence electrons. The number of piperidine rings is 1. The monoisotopic (exact) mass is 275 g/mol. The lowest BCUT2D eigenvalue weighted by atomic mass is 9.94. The van der Waals surface area contributed by atoms with Crippen LogP contribution in [0.15, 0.2) is 12.1 Å². The Balaban J connectivity index is 2.19. The number of likely N-dealkylation sites (tertiary alicyclic amines) is 1. The summed E-state index contributed by atoms with van der Waals surface area (Å²) in [6.45, 7) is 6.92. The summed E-state index contributed by atoms with van der Waals surface area (Å²) in [7, 11) is 4.10. The molecule has 1 fully saturated rings. The van der Waals surface area contributed by atoms with E-state index in [2.05, 4.69) is 49.9 Å². The Morgan fingerprint density at radius 2 is 2.10 bits per heavy atom. The number of aryl methyl sites for hydroxylation is 1. The molecule has 2 heterocycles. The van der Waals surface area contributed by atoms with E-state index in [1.54, 1.807) is 0 Å². The van der Waals surface area contributed by atoms with Gasteiger partial charge in [0.15, 0.2) is 0 Å².